The zero-order valence-corrected chi connectivity index (χ0v) is 15.6. The third-order valence-corrected chi connectivity index (χ3v) is 5.58. The Balaban J connectivity index is 1.65. The number of alkyl halides is 3. The van der Waals surface area contributed by atoms with Crippen molar-refractivity contribution in [1.82, 2.24) is 14.7 Å². The summed E-state index contributed by atoms with van der Waals surface area (Å²) in [4.78, 5) is 10.4. The molecular formula is C17H19F3N4O3S. The zero-order valence-electron chi connectivity index (χ0n) is 14.8. The Labute approximate surface area is 160 Å². The molecule has 152 valence electrons. The predicted octanol–water partition coefficient (Wildman–Crippen LogP) is 2.84. The number of halogens is 3. The Morgan fingerprint density at radius 3 is 2.39 bits per heavy atom. The lowest BCUT2D eigenvalue weighted by Gasteiger charge is -2.27. The van der Waals surface area contributed by atoms with Crippen molar-refractivity contribution in [3.05, 3.63) is 42.4 Å². The van der Waals surface area contributed by atoms with Crippen LogP contribution in [0.25, 0.3) is 0 Å². The number of nitrogens with zero attached hydrogens (tertiary/aromatic N) is 3. The molecule has 0 spiro atoms. The molecule has 2 aromatic rings. The van der Waals surface area contributed by atoms with Gasteiger partial charge in [-0.05, 0) is 49.6 Å². The number of hydrogen-bond donors (Lipinski definition) is 1. The fourth-order valence-corrected chi connectivity index (χ4v) is 3.82. The van der Waals surface area contributed by atoms with Crippen LogP contribution in [-0.4, -0.2) is 37.8 Å². The van der Waals surface area contributed by atoms with Gasteiger partial charge in [-0.3, -0.25) is 0 Å². The van der Waals surface area contributed by atoms with Crippen molar-refractivity contribution in [2.75, 3.05) is 18.0 Å². The third kappa shape index (κ3) is 5.55. The highest BCUT2D eigenvalue weighted by atomic mass is 32.2. The number of rotatable bonds is 6. The highest BCUT2D eigenvalue weighted by molar-refractivity contribution is 7.89. The summed E-state index contributed by atoms with van der Waals surface area (Å²) in [5.74, 6) is 0.560. The summed E-state index contributed by atoms with van der Waals surface area (Å²) in [6.45, 7) is 1.66. The van der Waals surface area contributed by atoms with E-state index in [4.69, 9.17) is 0 Å². The van der Waals surface area contributed by atoms with Gasteiger partial charge in [0.05, 0.1) is 11.4 Å². The molecule has 1 N–H and O–H groups in total. The molecule has 0 bridgehead atoms. The molecule has 0 aliphatic carbocycles. The molecule has 1 aliphatic rings. The van der Waals surface area contributed by atoms with Crippen LogP contribution >= 0.6 is 0 Å². The van der Waals surface area contributed by atoms with Crippen molar-refractivity contribution in [1.29, 1.82) is 0 Å². The Bertz CT molecular complexity index is 899. The number of ether oxygens (including phenoxy) is 1. The molecule has 0 amide bonds. The van der Waals surface area contributed by atoms with Crippen LogP contribution in [0.1, 0.15) is 25.1 Å². The molecule has 1 aliphatic heterocycles. The first kappa shape index (κ1) is 20.3. The van der Waals surface area contributed by atoms with Gasteiger partial charge in [0.1, 0.15) is 17.4 Å². The van der Waals surface area contributed by atoms with Crippen molar-refractivity contribution in [3.8, 4) is 5.75 Å². The molecular weight excluding hydrogens is 397 g/mol. The number of anilines is 1. The van der Waals surface area contributed by atoms with Crippen molar-refractivity contribution < 1.29 is 26.3 Å². The molecule has 1 aromatic heterocycles. The second-order valence-electron chi connectivity index (χ2n) is 6.22. The number of piperidine rings is 1. The average molecular weight is 416 g/mol. The molecule has 3 rings (SSSR count). The number of nitrogens with one attached hydrogen (secondary N) is 1. The smallest absolute Gasteiger partial charge is 0.406 e. The van der Waals surface area contributed by atoms with E-state index in [-0.39, 0.29) is 11.4 Å². The molecule has 0 radical (unpaired) electrons. The van der Waals surface area contributed by atoms with Crippen LogP contribution in [0.3, 0.4) is 0 Å². The third-order valence-electron chi connectivity index (χ3n) is 4.16. The number of hydrogen-bond acceptors (Lipinski definition) is 6. The summed E-state index contributed by atoms with van der Waals surface area (Å²) < 4.78 is 67.3. The lowest BCUT2D eigenvalue weighted by atomic mass is 10.1. The number of aromatic nitrogens is 2. The summed E-state index contributed by atoms with van der Waals surface area (Å²) in [5, 5.41) is 0. The molecule has 1 saturated heterocycles. The van der Waals surface area contributed by atoms with E-state index in [0.29, 0.717) is 5.82 Å². The van der Waals surface area contributed by atoms with Gasteiger partial charge in [-0.25, -0.2) is 23.1 Å². The van der Waals surface area contributed by atoms with E-state index < -0.39 is 22.1 Å². The normalized spacial score (nSPS) is 15.5. The van der Waals surface area contributed by atoms with E-state index in [1.807, 2.05) is 0 Å². The molecule has 1 fully saturated rings. The van der Waals surface area contributed by atoms with Crippen LogP contribution in [0, 0.1) is 0 Å². The molecule has 0 atom stereocenters. The van der Waals surface area contributed by atoms with Gasteiger partial charge in [0, 0.05) is 19.3 Å². The molecule has 1 aromatic carbocycles. The maximum Gasteiger partial charge on any atom is 0.573 e. The summed E-state index contributed by atoms with van der Waals surface area (Å²) >= 11 is 0. The van der Waals surface area contributed by atoms with E-state index in [0.717, 1.165) is 56.0 Å². The van der Waals surface area contributed by atoms with Gasteiger partial charge in [0.2, 0.25) is 10.0 Å². The minimum absolute atomic E-state index is 0.134. The Hall–Kier alpha value is -2.40. The minimum atomic E-state index is -4.84. The van der Waals surface area contributed by atoms with Crippen LogP contribution in [-0.2, 0) is 16.6 Å². The molecule has 0 saturated carbocycles. The molecule has 0 unspecified atom stereocenters. The van der Waals surface area contributed by atoms with E-state index in [1.54, 1.807) is 12.3 Å². The Kier molecular flexibility index (Phi) is 6.04. The van der Waals surface area contributed by atoms with Crippen LogP contribution in [0.15, 0.2) is 41.4 Å². The predicted molar refractivity (Wildman–Crippen MR) is 95.2 cm³/mol. The standard InChI is InChI=1S/C17H19F3N4O3S/c18-17(19,20)27-13-4-6-14(7-5-13)28(25,26)22-12-15-21-9-8-16(23-15)24-10-2-1-3-11-24/h4-9,22H,1-3,10-12H2. The topological polar surface area (TPSA) is 84.4 Å². The Morgan fingerprint density at radius 1 is 1.07 bits per heavy atom. The van der Waals surface area contributed by atoms with Gasteiger partial charge in [0.15, 0.2) is 0 Å². The average Bonchev–Trinajstić information content (AvgIpc) is 2.67. The number of sulfonamides is 1. The highest BCUT2D eigenvalue weighted by Crippen LogP contribution is 2.24. The van der Waals surface area contributed by atoms with E-state index >= 15 is 0 Å². The van der Waals surface area contributed by atoms with Crippen molar-refractivity contribution >= 4 is 15.8 Å². The van der Waals surface area contributed by atoms with Crippen molar-refractivity contribution in [2.45, 2.75) is 37.1 Å². The minimum Gasteiger partial charge on any atom is -0.406 e. The zero-order chi connectivity index (χ0) is 20.2. The monoisotopic (exact) mass is 416 g/mol. The molecule has 11 heteroatoms. The number of benzene rings is 1. The first-order valence-electron chi connectivity index (χ1n) is 8.65. The lowest BCUT2D eigenvalue weighted by molar-refractivity contribution is -0.274. The summed E-state index contributed by atoms with van der Waals surface area (Å²) in [7, 11) is -3.94. The second kappa shape index (κ2) is 8.31. The first-order chi connectivity index (χ1) is 13.2. The highest BCUT2D eigenvalue weighted by Gasteiger charge is 2.31. The largest absolute Gasteiger partial charge is 0.573 e. The van der Waals surface area contributed by atoms with E-state index in [1.165, 1.54) is 6.42 Å². The van der Waals surface area contributed by atoms with Gasteiger partial charge in [0.25, 0.3) is 0 Å². The maximum absolute atomic E-state index is 12.3. The summed E-state index contributed by atoms with van der Waals surface area (Å²) in [6.07, 6.45) is 0.0836. The van der Waals surface area contributed by atoms with Gasteiger partial charge in [-0.15, -0.1) is 13.2 Å². The van der Waals surface area contributed by atoms with Crippen LogP contribution in [0.5, 0.6) is 5.75 Å². The van der Waals surface area contributed by atoms with Crippen molar-refractivity contribution in [3.63, 3.8) is 0 Å². The summed E-state index contributed by atoms with van der Waals surface area (Å²) in [6, 6.07) is 5.73. The van der Waals surface area contributed by atoms with Crippen LogP contribution in [0.4, 0.5) is 19.0 Å². The van der Waals surface area contributed by atoms with Crippen LogP contribution in [0.2, 0.25) is 0 Å². The second-order valence-corrected chi connectivity index (χ2v) is 7.99. The maximum atomic E-state index is 12.3. The summed E-state index contributed by atoms with van der Waals surface area (Å²) in [5.41, 5.74) is 0. The van der Waals surface area contributed by atoms with E-state index in [9.17, 15) is 21.6 Å². The van der Waals surface area contributed by atoms with Crippen molar-refractivity contribution in [2.24, 2.45) is 0 Å². The van der Waals surface area contributed by atoms with Gasteiger partial charge < -0.3 is 9.64 Å². The van der Waals surface area contributed by atoms with Gasteiger partial charge in [-0.2, -0.15) is 0 Å². The molecule has 2 heterocycles. The fraction of sp³-hybridized carbons (Fsp3) is 0.412. The lowest BCUT2D eigenvalue weighted by Crippen LogP contribution is -2.31. The van der Waals surface area contributed by atoms with Gasteiger partial charge in [-0.1, -0.05) is 0 Å². The fourth-order valence-electron chi connectivity index (χ4n) is 2.84. The van der Waals surface area contributed by atoms with E-state index in [2.05, 4.69) is 24.3 Å². The SMILES string of the molecule is O=S(=O)(NCc1nccc(N2CCCCC2)n1)c1ccc(OC(F)(F)F)cc1. The molecule has 7 nitrogen and oxygen atoms in total. The van der Waals surface area contributed by atoms with Gasteiger partial charge >= 0.3 is 6.36 Å². The first-order valence-corrected chi connectivity index (χ1v) is 10.1. The Morgan fingerprint density at radius 2 is 1.75 bits per heavy atom. The van der Waals surface area contributed by atoms with Crippen LogP contribution < -0.4 is 14.4 Å². The molecule has 28 heavy (non-hydrogen) atoms. The quantitative estimate of drug-likeness (QED) is 0.780.